The standard InChI is InChI=1S/C15H31N3/c1-13(2)16-10-14(3)11-18-8-6-15(7-9-18)12-17(4)5/h13,15-16H,3,6-12H2,1-2,4-5H3. The lowest BCUT2D eigenvalue weighted by atomic mass is 9.96. The molecule has 0 unspecified atom stereocenters. The van der Waals surface area contributed by atoms with Crippen LogP contribution in [-0.2, 0) is 0 Å². The highest BCUT2D eigenvalue weighted by Gasteiger charge is 2.19. The molecular formula is C15H31N3. The molecule has 0 atom stereocenters. The predicted octanol–water partition coefficient (Wildman–Crippen LogP) is 1.81. The number of piperidine rings is 1. The predicted molar refractivity (Wildman–Crippen MR) is 80.0 cm³/mol. The van der Waals surface area contributed by atoms with E-state index < -0.39 is 0 Å². The van der Waals surface area contributed by atoms with Crippen LogP contribution in [0.1, 0.15) is 26.7 Å². The van der Waals surface area contributed by atoms with Crippen LogP contribution in [0.5, 0.6) is 0 Å². The molecule has 0 amide bonds. The van der Waals surface area contributed by atoms with Crippen LogP contribution in [0.4, 0.5) is 0 Å². The maximum atomic E-state index is 4.18. The molecule has 0 saturated carbocycles. The van der Waals surface area contributed by atoms with E-state index in [9.17, 15) is 0 Å². The average molecular weight is 253 g/mol. The van der Waals surface area contributed by atoms with Gasteiger partial charge in [0.25, 0.3) is 0 Å². The summed E-state index contributed by atoms with van der Waals surface area (Å²) in [7, 11) is 4.34. The number of hydrogen-bond acceptors (Lipinski definition) is 3. The zero-order valence-electron chi connectivity index (χ0n) is 12.7. The molecule has 3 heteroatoms. The summed E-state index contributed by atoms with van der Waals surface area (Å²) in [6.45, 7) is 14.3. The lowest BCUT2D eigenvalue weighted by molar-refractivity contribution is 0.171. The summed E-state index contributed by atoms with van der Waals surface area (Å²) in [5, 5.41) is 3.44. The van der Waals surface area contributed by atoms with Gasteiger partial charge in [0, 0.05) is 25.7 Å². The van der Waals surface area contributed by atoms with Crippen molar-refractivity contribution >= 4 is 0 Å². The second-order valence-corrected chi connectivity index (χ2v) is 6.27. The zero-order chi connectivity index (χ0) is 13.5. The molecule has 18 heavy (non-hydrogen) atoms. The maximum Gasteiger partial charge on any atom is 0.0202 e. The third kappa shape index (κ3) is 6.53. The van der Waals surface area contributed by atoms with E-state index in [4.69, 9.17) is 0 Å². The van der Waals surface area contributed by atoms with Crippen molar-refractivity contribution < 1.29 is 0 Å². The van der Waals surface area contributed by atoms with Crippen molar-refractivity contribution in [3.05, 3.63) is 12.2 Å². The molecule has 0 aromatic carbocycles. The van der Waals surface area contributed by atoms with Crippen molar-refractivity contribution in [2.75, 3.05) is 46.8 Å². The van der Waals surface area contributed by atoms with Crippen LogP contribution in [0.25, 0.3) is 0 Å². The average Bonchev–Trinajstić information content (AvgIpc) is 2.28. The molecule has 1 heterocycles. The SMILES string of the molecule is C=C(CNC(C)C)CN1CCC(CN(C)C)CC1. The molecule has 3 nitrogen and oxygen atoms in total. The Labute approximate surface area is 113 Å². The largest absolute Gasteiger partial charge is 0.311 e. The van der Waals surface area contributed by atoms with Crippen LogP contribution in [-0.4, -0.2) is 62.7 Å². The normalized spacial score (nSPS) is 18.8. The molecule has 1 aliphatic heterocycles. The van der Waals surface area contributed by atoms with Crippen molar-refractivity contribution in [2.24, 2.45) is 5.92 Å². The Bertz CT molecular complexity index is 240. The van der Waals surface area contributed by atoms with Gasteiger partial charge in [-0.25, -0.2) is 0 Å². The van der Waals surface area contributed by atoms with Crippen molar-refractivity contribution in [2.45, 2.75) is 32.7 Å². The van der Waals surface area contributed by atoms with Crippen molar-refractivity contribution in [1.29, 1.82) is 0 Å². The quantitative estimate of drug-likeness (QED) is 0.698. The fourth-order valence-corrected chi connectivity index (χ4v) is 2.56. The first kappa shape index (κ1) is 15.7. The molecule has 1 fully saturated rings. The van der Waals surface area contributed by atoms with Gasteiger partial charge in [-0.05, 0) is 51.5 Å². The van der Waals surface area contributed by atoms with Crippen molar-refractivity contribution in [1.82, 2.24) is 15.1 Å². The van der Waals surface area contributed by atoms with Gasteiger partial charge < -0.3 is 10.2 Å². The van der Waals surface area contributed by atoms with Gasteiger partial charge in [-0.3, -0.25) is 4.90 Å². The molecule has 1 rings (SSSR count). The van der Waals surface area contributed by atoms with E-state index in [2.05, 4.69) is 49.6 Å². The third-order valence-electron chi connectivity index (χ3n) is 3.54. The summed E-state index contributed by atoms with van der Waals surface area (Å²) in [6.07, 6.45) is 2.67. The summed E-state index contributed by atoms with van der Waals surface area (Å²) in [5.74, 6) is 0.887. The summed E-state index contributed by atoms with van der Waals surface area (Å²) < 4.78 is 0. The summed E-state index contributed by atoms with van der Waals surface area (Å²) in [4.78, 5) is 4.86. The number of rotatable bonds is 7. The highest BCUT2D eigenvalue weighted by atomic mass is 15.1. The molecule has 0 aromatic heterocycles. The number of likely N-dealkylation sites (tertiary alicyclic amines) is 1. The summed E-state index contributed by atoms with van der Waals surface area (Å²) in [5.41, 5.74) is 1.31. The number of hydrogen-bond donors (Lipinski definition) is 1. The van der Waals surface area contributed by atoms with E-state index in [0.29, 0.717) is 6.04 Å². The Balaban J connectivity index is 2.17. The molecule has 0 spiro atoms. The van der Waals surface area contributed by atoms with Crippen LogP contribution in [0.3, 0.4) is 0 Å². The summed E-state index contributed by atoms with van der Waals surface area (Å²) in [6, 6.07) is 0.549. The van der Waals surface area contributed by atoms with Crippen LogP contribution in [0.15, 0.2) is 12.2 Å². The van der Waals surface area contributed by atoms with Crippen LogP contribution < -0.4 is 5.32 Å². The molecule has 106 valence electrons. The minimum absolute atomic E-state index is 0.549. The first-order valence-electron chi connectivity index (χ1n) is 7.24. The number of nitrogens with zero attached hydrogens (tertiary/aromatic N) is 2. The van der Waals surface area contributed by atoms with Gasteiger partial charge in [0.1, 0.15) is 0 Å². The van der Waals surface area contributed by atoms with Gasteiger partial charge in [-0.15, -0.1) is 0 Å². The molecule has 1 saturated heterocycles. The van der Waals surface area contributed by atoms with E-state index in [0.717, 1.165) is 19.0 Å². The molecular weight excluding hydrogens is 222 g/mol. The number of nitrogens with one attached hydrogen (secondary N) is 1. The second-order valence-electron chi connectivity index (χ2n) is 6.27. The molecule has 0 radical (unpaired) electrons. The van der Waals surface area contributed by atoms with Gasteiger partial charge >= 0.3 is 0 Å². The maximum absolute atomic E-state index is 4.18. The van der Waals surface area contributed by atoms with Gasteiger partial charge in [-0.2, -0.15) is 0 Å². The Morgan fingerprint density at radius 1 is 1.33 bits per heavy atom. The minimum Gasteiger partial charge on any atom is -0.311 e. The lowest BCUT2D eigenvalue weighted by Gasteiger charge is -2.33. The van der Waals surface area contributed by atoms with Gasteiger partial charge in [-0.1, -0.05) is 20.4 Å². The van der Waals surface area contributed by atoms with E-state index in [-0.39, 0.29) is 0 Å². The molecule has 0 bridgehead atoms. The minimum atomic E-state index is 0.549. The Kier molecular flexibility index (Phi) is 6.90. The first-order chi connectivity index (χ1) is 8.47. The zero-order valence-corrected chi connectivity index (χ0v) is 12.7. The highest BCUT2D eigenvalue weighted by Crippen LogP contribution is 2.18. The Morgan fingerprint density at radius 2 is 1.94 bits per heavy atom. The lowest BCUT2D eigenvalue weighted by Crippen LogP contribution is -2.39. The van der Waals surface area contributed by atoms with Crippen LogP contribution >= 0.6 is 0 Å². The molecule has 0 aromatic rings. The third-order valence-corrected chi connectivity index (χ3v) is 3.54. The van der Waals surface area contributed by atoms with Gasteiger partial charge in [0.05, 0.1) is 0 Å². The van der Waals surface area contributed by atoms with E-state index >= 15 is 0 Å². The van der Waals surface area contributed by atoms with E-state index in [1.165, 1.54) is 38.0 Å². The Morgan fingerprint density at radius 3 is 2.44 bits per heavy atom. The Hall–Kier alpha value is -0.380. The fourth-order valence-electron chi connectivity index (χ4n) is 2.56. The summed E-state index contributed by atoms with van der Waals surface area (Å²) >= 11 is 0. The van der Waals surface area contributed by atoms with Crippen molar-refractivity contribution in [3.8, 4) is 0 Å². The topological polar surface area (TPSA) is 18.5 Å². The van der Waals surface area contributed by atoms with Gasteiger partial charge in [0.2, 0.25) is 0 Å². The molecule has 1 N–H and O–H groups in total. The van der Waals surface area contributed by atoms with E-state index in [1.807, 2.05) is 0 Å². The monoisotopic (exact) mass is 253 g/mol. The van der Waals surface area contributed by atoms with Gasteiger partial charge in [0.15, 0.2) is 0 Å². The molecule has 0 aliphatic carbocycles. The smallest absolute Gasteiger partial charge is 0.0202 e. The second kappa shape index (κ2) is 7.93. The van der Waals surface area contributed by atoms with E-state index in [1.54, 1.807) is 0 Å². The van der Waals surface area contributed by atoms with Crippen LogP contribution in [0, 0.1) is 5.92 Å². The highest BCUT2D eigenvalue weighted by molar-refractivity contribution is 5.00. The fraction of sp³-hybridized carbons (Fsp3) is 0.867. The van der Waals surface area contributed by atoms with Crippen LogP contribution in [0.2, 0.25) is 0 Å². The molecule has 1 aliphatic rings. The first-order valence-corrected chi connectivity index (χ1v) is 7.24. The van der Waals surface area contributed by atoms with Crippen molar-refractivity contribution in [3.63, 3.8) is 0 Å².